The Kier molecular flexibility index (Phi) is 5.70. The largest absolute Gasteiger partial charge is 0.427 e. The SMILES string of the molecule is CN(C)[C@@H]1CCC[C@@H](Nc2ccc([N+](=O)[O-])c(OC(F)F)c2)C1. The highest BCUT2D eigenvalue weighted by Crippen LogP contribution is 2.33. The van der Waals surface area contributed by atoms with Gasteiger partial charge in [0, 0.05) is 29.9 Å². The van der Waals surface area contributed by atoms with Crippen LogP contribution in [0.15, 0.2) is 18.2 Å². The van der Waals surface area contributed by atoms with Crippen molar-refractivity contribution in [1.82, 2.24) is 4.90 Å². The standard InChI is InChI=1S/C15H21F2N3O3/c1-19(2)12-5-3-4-10(8-12)18-11-6-7-13(20(21)22)14(9-11)23-15(16)17/h6-7,9-10,12,15,18H,3-5,8H2,1-2H3/t10-,12-/m1/s1. The van der Waals surface area contributed by atoms with Crippen molar-refractivity contribution in [1.29, 1.82) is 0 Å². The van der Waals surface area contributed by atoms with Crippen molar-refractivity contribution in [2.45, 2.75) is 44.4 Å². The Balaban J connectivity index is 2.12. The molecule has 0 heterocycles. The number of nitro benzene ring substituents is 1. The van der Waals surface area contributed by atoms with Crippen LogP contribution in [-0.2, 0) is 0 Å². The van der Waals surface area contributed by atoms with Crippen LogP contribution in [0.4, 0.5) is 20.2 Å². The second kappa shape index (κ2) is 7.54. The second-order valence-corrected chi connectivity index (χ2v) is 5.94. The lowest BCUT2D eigenvalue weighted by molar-refractivity contribution is -0.386. The molecule has 1 saturated carbocycles. The summed E-state index contributed by atoms with van der Waals surface area (Å²) in [6.45, 7) is -3.10. The van der Waals surface area contributed by atoms with E-state index in [1.54, 1.807) is 0 Å². The number of anilines is 1. The van der Waals surface area contributed by atoms with Gasteiger partial charge in [-0.15, -0.1) is 0 Å². The first kappa shape index (κ1) is 17.4. The van der Waals surface area contributed by atoms with Crippen molar-refractivity contribution in [2.24, 2.45) is 0 Å². The molecule has 2 rings (SSSR count). The Bertz CT molecular complexity index is 555. The fourth-order valence-electron chi connectivity index (χ4n) is 2.94. The summed E-state index contributed by atoms with van der Waals surface area (Å²) in [5.74, 6) is -0.421. The molecule has 0 unspecified atom stereocenters. The number of hydrogen-bond donors (Lipinski definition) is 1. The molecule has 0 saturated heterocycles. The number of alkyl halides is 2. The van der Waals surface area contributed by atoms with Gasteiger partial charge in [0.1, 0.15) is 0 Å². The molecule has 8 heteroatoms. The topological polar surface area (TPSA) is 67.6 Å². The summed E-state index contributed by atoms with van der Waals surface area (Å²) in [7, 11) is 4.07. The predicted molar refractivity (Wildman–Crippen MR) is 83.1 cm³/mol. The highest BCUT2D eigenvalue weighted by atomic mass is 19.3. The molecule has 128 valence electrons. The molecular weight excluding hydrogens is 308 g/mol. The van der Waals surface area contributed by atoms with Crippen molar-refractivity contribution in [3.8, 4) is 5.75 Å². The molecule has 2 atom stereocenters. The molecule has 0 aliphatic heterocycles. The third-order valence-electron chi connectivity index (χ3n) is 4.12. The summed E-state index contributed by atoms with van der Waals surface area (Å²) < 4.78 is 29.1. The number of hydrogen-bond acceptors (Lipinski definition) is 5. The monoisotopic (exact) mass is 329 g/mol. The van der Waals surface area contributed by atoms with E-state index in [2.05, 4.69) is 15.0 Å². The van der Waals surface area contributed by atoms with Gasteiger partial charge in [0.15, 0.2) is 0 Å². The normalized spacial score (nSPS) is 21.5. The summed E-state index contributed by atoms with van der Waals surface area (Å²) in [6, 6.07) is 4.65. The lowest BCUT2D eigenvalue weighted by Gasteiger charge is -2.34. The van der Waals surface area contributed by atoms with E-state index in [0.717, 1.165) is 25.7 Å². The number of halogens is 2. The van der Waals surface area contributed by atoms with Gasteiger partial charge < -0.3 is 15.0 Å². The molecule has 23 heavy (non-hydrogen) atoms. The first-order chi connectivity index (χ1) is 10.9. The van der Waals surface area contributed by atoms with Crippen molar-refractivity contribution >= 4 is 11.4 Å². The maximum absolute atomic E-state index is 12.4. The zero-order valence-corrected chi connectivity index (χ0v) is 13.2. The fraction of sp³-hybridized carbons (Fsp3) is 0.600. The van der Waals surface area contributed by atoms with Crippen molar-refractivity contribution in [3.63, 3.8) is 0 Å². The van der Waals surface area contributed by atoms with Crippen molar-refractivity contribution in [3.05, 3.63) is 28.3 Å². The fourth-order valence-corrected chi connectivity index (χ4v) is 2.94. The maximum atomic E-state index is 12.4. The number of rotatable bonds is 6. The Morgan fingerprint density at radius 2 is 2.13 bits per heavy atom. The highest BCUT2D eigenvalue weighted by Gasteiger charge is 2.24. The minimum atomic E-state index is -3.10. The average Bonchev–Trinajstić information content (AvgIpc) is 2.46. The average molecular weight is 329 g/mol. The zero-order chi connectivity index (χ0) is 17.0. The van der Waals surface area contributed by atoms with Gasteiger partial charge in [0.05, 0.1) is 4.92 Å². The summed E-state index contributed by atoms with van der Waals surface area (Å²) >= 11 is 0. The van der Waals surface area contributed by atoms with Gasteiger partial charge in [-0.3, -0.25) is 10.1 Å². The minimum Gasteiger partial charge on any atom is -0.427 e. The van der Waals surface area contributed by atoms with Gasteiger partial charge >= 0.3 is 12.3 Å². The molecule has 0 amide bonds. The number of ether oxygens (including phenoxy) is 1. The molecule has 1 aliphatic rings. The molecule has 1 aromatic rings. The summed E-state index contributed by atoms with van der Waals surface area (Å²) in [5.41, 5.74) is 0.0846. The van der Waals surface area contributed by atoms with Crippen molar-refractivity contribution < 1.29 is 18.4 Å². The Morgan fingerprint density at radius 3 is 2.74 bits per heavy atom. The predicted octanol–water partition coefficient (Wildman–Crippen LogP) is 3.48. The molecule has 1 N–H and O–H groups in total. The van der Waals surface area contributed by atoms with Gasteiger partial charge in [-0.05, 0) is 45.8 Å². The van der Waals surface area contributed by atoms with E-state index in [9.17, 15) is 18.9 Å². The van der Waals surface area contributed by atoms with Crippen LogP contribution in [0.25, 0.3) is 0 Å². The third-order valence-corrected chi connectivity index (χ3v) is 4.12. The molecule has 0 spiro atoms. The van der Waals surface area contributed by atoms with Crippen LogP contribution < -0.4 is 10.1 Å². The summed E-state index contributed by atoms with van der Waals surface area (Å²) in [6.07, 6.45) is 4.13. The van der Waals surface area contributed by atoms with Gasteiger partial charge in [-0.2, -0.15) is 8.78 Å². The lowest BCUT2D eigenvalue weighted by atomic mass is 9.90. The Hall–Kier alpha value is -1.96. The van der Waals surface area contributed by atoms with E-state index in [0.29, 0.717) is 11.7 Å². The van der Waals surface area contributed by atoms with Gasteiger partial charge in [0.25, 0.3) is 0 Å². The summed E-state index contributed by atoms with van der Waals surface area (Å²) in [5, 5.41) is 14.1. The Labute approximate surface area is 133 Å². The van der Waals surface area contributed by atoms with Gasteiger partial charge in [0.2, 0.25) is 5.75 Å². The van der Waals surface area contributed by atoms with Crippen LogP contribution in [0, 0.1) is 10.1 Å². The molecule has 1 aromatic carbocycles. The van der Waals surface area contributed by atoms with E-state index in [-0.39, 0.29) is 6.04 Å². The number of nitro groups is 1. The zero-order valence-electron chi connectivity index (χ0n) is 13.2. The molecule has 1 fully saturated rings. The third kappa shape index (κ3) is 4.75. The quantitative estimate of drug-likeness (QED) is 0.639. The van der Waals surface area contributed by atoms with Crippen LogP contribution in [0.3, 0.4) is 0 Å². The second-order valence-electron chi connectivity index (χ2n) is 5.94. The number of nitrogens with zero attached hydrogens (tertiary/aromatic N) is 2. The highest BCUT2D eigenvalue weighted by molar-refractivity contribution is 5.58. The molecule has 1 aliphatic carbocycles. The molecular formula is C15H21F2N3O3. The first-order valence-electron chi connectivity index (χ1n) is 7.53. The van der Waals surface area contributed by atoms with Crippen molar-refractivity contribution in [2.75, 3.05) is 19.4 Å². The van der Waals surface area contributed by atoms with Gasteiger partial charge in [-0.25, -0.2) is 0 Å². The van der Waals surface area contributed by atoms with Gasteiger partial charge in [-0.1, -0.05) is 0 Å². The number of nitrogens with one attached hydrogen (secondary N) is 1. The van der Waals surface area contributed by atoms with Crippen LogP contribution in [-0.4, -0.2) is 42.6 Å². The molecule has 6 nitrogen and oxygen atoms in total. The van der Waals surface area contributed by atoms with Crippen LogP contribution in [0.2, 0.25) is 0 Å². The first-order valence-corrected chi connectivity index (χ1v) is 7.53. The van der Waals surface area contributed by atoms with Crippen LogP contribution >= 0.6 is 0 Å². The maximum Gasteiger partial charge on any atom is 0.387 e. The summed E-state index contributed by atoms with van der Waals surface area (Å²) in [4.78, 5) is 12.3. The van der Waals surface area contributed by atoms with E-state index in [1.165, 1.54) is 18.2 Å². The Morgan fingerprint density at radius 1 is 1.39 bits per heavy atom. The molecule has 0 aromatic heterocycles. The van der Waals surface area contributed by atoms with Crippen LogP contribution in [0.1, 0.15) is 25.7 Å². The minimum absolute atomic E-state index is 0.206. The molecule has 0 radical (unpaired) electrons. The molecule has 0 bridgehead atoms. The van der Waals surface area contributed by atoms with E-state index >= 15 is 0 Å². The number of benzene rings is 1. The lowest BCUT2D eigenvalue weighted by Crippen LogP contribution is -2.38. The smallest absolute Gasteiger partial charge is 0.387 e. The van der Waals surface area contributed by atoms with E-state index in [1.807, 2.05) is 14.1 Å². The van der Waals surface area contributed by atoms with Crippen LogP contribution in [0.5, 0.6) is 5.75 Å². The van der Waals surface area contributed by atoms with E-state index in [4.69, 9.17) is 0 Å². The van der Waals surface area contributed by atoms with E-state index < -0.39 is 23.0 Å².